The Hall–Kier alpha value is -3.50. The largest absolute Gasteiger partial charge is 0.504 e. The minimum atomic E-state index is -4.58. The summed E-state index contributed by atoms with van der Waals surface area (Å²) in [6.07, 6.45) is -3.27. The first-order valence-electron chi connectivity index (χ1n) is 9.56. The SMILES string of the molecule is N#Cc1cc(OCC(F)(F)F)c(O)cc1F.N#Cc1ccc(S(=O)(=O)N2CCC(O)(CO)C2)cn1. The van der Waals surface area contributed by atoms with Crippen molar-refractivity contribution >= 4 is 10.0 Å². The Balaban J connectivity index is 0.000000251. The lowest BCUT2D eigenvalue weighted by Crippen LogP contribution is -2.38. The van der Waals surface area contributed by atoms with Gasteiger partial charge in [0.05, 0.1) is 12.2 Å². The molecule has 188 valence electrons. The molecule has 3 rings (SSSR count). The monoisotopic (exact) mass is 518 g/mol. The molecule has 1 saturated heterocycles. The van der Waals surface area contributed by atoms with E-state index in [4.69, 9.17) is 20.7 Å². The fourth-order valence-electron chi connectivity index (χ4n) is 2.81. The first-order chi connectivity index (χ1) is 16.2. The molecule has 1 atom stereocenters. The third-order valence-electron chi connectivity index (χ3n) is 4.64. The summed E-state index contributed by atoms with van der Waals surface area (Å²) in [4.78, 5) is 3.68. The highest BCUT2D eigenvalue weighted by molar-refractivity contribution is 7.89. The number of halogens is 4. The van der Waals surface area contributed by atoms with Crippen LogP contribution in [0.5, 0.6) is 11.5 Å². The predicted octanol–water partition coefficient (Wildman–Crippen LogP) is 1.42. The number of nitriles is 2. The number of hydrogen-bond acceptors (Lipinski definition) is 9. The number of hydrogen-bond donors (Lipinski definition) is 3. The molecule has 3 N–H and O–H groups in total. The third kappa shape index (κ3) is 7.24. The topological polar surface area (TPSA) is 168 Å². The van der Waals surface area contributed by atoms with Crippen molar-refractivity contribution in [2.45, 2.75) is 23.1 Å². The van der Waals surface area contributed by atoms with Gasteiger partial charge in [0.2, 0.25) is 10.0 Å². The molecule has 2 heterocycles. The van der Waals surface area contributed by atoms with Gasteiger partial charge in [0.25, 0.3) is 0 Å². The van der Waals surface area contributed by atoms with E-state index in [2.05, 4.69) is 9.72 Å². The van der Waals surface area contributed by atoms with E-state index >= 15 is 0 Å². The molecule has 1 aromatic carbocycles. The van der Waals surface area contributed by atoms with Crippen molar-refractivity contribution in [3.8, 4) is 23.6 Å². The zero-order valence-corrected chi connectivity index (χ0v) is 18.5. The van der Waals surface area contributed by atoms with Crippen LogP contribution in [0.3, 0.4) is 0 Å². The highest BCUT2D eigenvalue weighted by Crippen LogP contribution is 2.30. The van der Waals surface area contributed by atoms with Crippen molar-refractivity contribution < 1.29 is 46.0 Å². The molecule has 1 aliphatic rings. The number of sulfonamides is 1. The smallest absolute Gasteiger partial charge is 0.422 e. The van der Waals surface area contributed by atoms with Gasteiger partial charge in [-0.3, -0.25) is 0 Å². The number of rotatable bonds is 5. The summed E-state index contributed by atoms with van der Waals surface area (Å²) in [5, 5.41) is 45.0. The Labute approximate surface area is 196 Å². The van der Waals surface area contributed by atoms with E-state index in [0.717, 1.165) is 10.5 Å². The van der Waals surface area contributed by atoms with Gasteiger partial charge in [0.1, 0.15) is 34.1 Å². The van der Waals surface area contributed by atoms with Crippen molar-refractivity contribution in [1.82, 2.24) is 9.29 Å². The molecule has 0 radical (unpaired) electrons. The van der Waals surface area contributed by atoms with Gasteiger partial charge in [-0.05, 0) is 18.6 Å². The fourth-order valence-corrected chi connectivity index (χ4v) is 4.27. The molecule has 2 aromatic rings. The highest BCUT2D eigenvalue weighted by atomic mass is 32.2. The Kier molecular flexibility index (Phi) is 8.59. The second-order valence-corrected chi connectivity index (χ2v) is 9.22. The second kappa shape index (κ2) is 10.8. The molecule has 0 saturated carbocycles. The van der Waals surface area contributed by atoms with Crippen LogP contribution in [0.4, 0.5) is 17.6 Å². The molecule has 1 aliphatic heterocycles. The van der Waals surface area contributed by atoms with Crippen molar-refractivity contribution in [1.29, 1.82) is 10.5 Å². The lowest BCUT2D eigenvalue weighted by Gasteiger charge is -2.20. The average molecular weight is 518 g/mol. The van der Waals surface area contributed by atoms with Crippen LogP contribution in [0, 0.1) is 28.5 Å². The minimum absolute atomic E-state index is 0.0336. The molecule has 15 heteroatoms. The Morgan fingerprint density at radius 3 is 2.40 bits per heavy atom. The molecule has 0 bridgehead atoms. The molecular weight excluding hydrogens is 500 g/mol. The zero-order chi connectivity index (χ0) is 26.4. The standard InChI is InChI=1S/C11H13N3O4S.C9H5F4NO2/c12-5-9-1-2-10(6-13-9)19(17,18)14-4-3-11(16,7-14)8-15;10-6-2-7(15)8(1-5(6)3-14)16-4-9(11,12)13/h1-2,6,15-16H,3-4,7-8H2;1-2,15H,4H2. The molecule has 0 spiro atoms. The van der Waals surface area contributed by atoms with Gasteiger partial charge in [-0.2, -0.15) is 28.0 Å². The normalized spacial score (nSPS) is 18.2. The van der Waals surface area contributed by atoms with Crippen LogP contribution >= 0.6 is 0 Å². The molecule has 0 aliphatic carbocycles. The number of phenolic OH excluding ortho intramolecular Hbond substituents is 1. The molecule has 1 aromatic heterocycles. The lowest BCUT2D eigenvalue weighted by atomic mass is 10.1. The number of phenols is 1. The number of benzene rings is 1. The summed E-state index contributed by atoms with van der Waals surface area (Å²) < 4.78 is 78.0. The van der Waals surface area contributed by atoms with Gasteiger partial charge in [-0.1, -0.05) is 0 Å². The van der Waals surface area contributed by atoms with Gasteiger partial charge >= 0.3 is 6.18 Å². The molecule has 10 nitrogen and oxygen atoms in total. The summed E-state index contributed by atoms with van der Waals surface area (Å²) in [6, 6.07) is 7.06. The number of aliphatic hydroxyl groups is 2. The molecule has 1 unspecified atom stereocenters. The maximum atomic E-state index is 12.8. The lowest BCUT2D eigenvalue weighted by molar-refractivity contribution is -0.153. The molecular formula is C20H18F4N4O6S. The summed E-state index contributed by atoms with van der Waals surface area (Å²) in [5.41, 5.74) is -1.75. The number of alkyl halides is 3. The van der Waals surface area contributed by atoms with E-state index in [9.17, 15) is 31.1 Å². The number of aromatic hydroxyl groups is 1. The fraction of sp³-hybridized carbons (Fsp3) is 0.350. The Morgan fingerprint density at radius 1 is 1.23 bits per heavy atom. The molecule has 0 amide bonds. The molecule has 35 heavy (non-hydrogen) atoms. The number of β-amino-alcohol motifs (C(OH)–C–C–N with tert-alkyl or cyclic N) is 1. The van der Waals surface area contributed by atoms with Crippen molar-refractivity contribution in [3.05, 3.63) is 47.5 Å². The first kappa shape index (κ1) is 27.7. The van der Waals surface area contributed by atoms with E-state index in [1.165, 1.54) is 18.2 Å². The summed E-state index contributed by atoms with van der Waals surface area (Å²) in [7, 11) is -3.75. The van der Waals surface area contributed by atoms with Crippen molar-refractivity contribution in [3.63, 3.8) is 0 Å². The quantitative estimate of drug-likeness (QED) is 0.496. The van der Waals surface area contributed by atoms with E-state index in [0.29, 0.717) is 12.1 Å². The molecule has 1 fully saturated rings. The van der Waals surface area contributed by atoms with E-state index in [-0.39, 0.29) is 30.1 Å². The number of pyridine rings is 1. The van der Waals surface area contributed by atoms with Crippen LogP contribution in [0.15, 0.2) is 35.4 Å². The zero-order valence-electron chi connectivity index (χ0n) is 17.7. The maximum absolute atomic E-state index is 12.8. The number of aromatic nitrogens is 1. The van der Waals surface area contributed by atoms with Crippen LogP contribution in [0.1, 0.15) is 17.7 Å². The van der Waals surface area contributed by atoms with Gasteiger partial charge < -0.3 is 20.1 Å². The summed E-state index contributed by atoms with van der Waals surface area (Å²) in [6.45, 7) is -2.12. The third-order valence-corrected chi connectivity index (χ3v) is 6.47. The first-order valence-corrected chi connectivity index (χ1v) is 11.0. The van der Waals surface area contributed by atoms with Gasteiger partial charge in [0, 0.05) is 31.4 Å². The minimum Gasteiger partial charge on any atom is -0.504 e. The Bertz CT molecular complexity index is 1240. The summed E-state index contributed by atoms with van der Waals surface area (Å²) >= 11 is 0. The maximum Gasteiger partial charge on any atom is 0.422 e. The van der Waals surface area contributed by atoms with E-state index in [1.54, 1.807) is 6.07 Å². The van der Waals surface area contributed by atoms with Crippen LogP contribution in [0.2, 0.25) is 0 Å². The average Bonchev–Trinajstić information content (AvgIpc) is 3.22. The van der Waals surface area contributed by atoms with E-state index < -0.39 is 57.9 Å². The van der Waals surface area contributed by atoms with Gasteiger partial charge in [-0.25, -0.2) is 17.8 Å². The van der Waals surface area contributed by atoms with Crippen molar-refractivity contribution in [2.24, 2.45) is 0 Å². The number of nitrogens with zero attached hydrogens (tertiary/aromatic N) is 4. The number of aliphatic hydroxyl groups excluding tert-OH is 1. The van der Waals surface area contributed by atoms with Crippen LogP contribution in [-0.2, 0) is 10.0 Å². The van der Waals surface area contributed by atoms with Crippen LogP contribution < -0.4 is 4.74 Å². The second-order valence-electron chi connectivity index (χ2n) is 7.28. The Morgan fingerprint density at radius 2 is 1.91 bits per heavy atom. The van der Waals surface area contributed by atoms with Crippen LogP contribution in [0.25, 0.3) is 0 Å². The van der Waals surface area contributed by atoms with Gasteiger partial charge in [0.15, 0.2) is 18.1 Å². The van der Waals surface area contributed by atoms with E-state index in [1.807, 2.05) is 0 Å². The number of ether oxygens (including phenoxy) is 1. The predicted molar refractivity (Wildman–Crippen MR) is 109 cm³/mol. The van der Waals surface area contributed by atoms with Gasteiger partial charge in [-0.15, -0.1) is 0 Å². The van der Waals surface area contributed by atoms with Crippen LogP contribution in [-0.4, -0.2) is 71.1 Å². The highest BCUT2D eigenvalue weighted by Gasteiger charge is 2.41. The summed E-state index contributed by atoms with van der Waals surface area (Å²) in [5.74, 6) is -2.41. The van der Waals surface area contributed by atoms with Crippen molar-refractivity contribution in [2.75, 3.05) is 26.3 Å².